The summed E-state index contributed by atoms with van der Waals surface area (Å²) < 4.78 is 0. The van der Waals surface area contributed by atoms with Crippen LogP contribution in [0.5, 0.6) is 0 Å². The number of carbonyl (C=O) groups excluding carboxylic acids is 1. The minimum absolute atomic E-state index is 0.542. The molecule has 3 N–H and O–H groups in total. The Morgan fingerprint density at radius 1 is 1.36 bits per heavy atom. The van der Waals surface area contributed by atoms with Crippen molar-refractivity contribution in [2.75, 3.05) is 0 Å². The Morgan fingerprint density at radius 3 is 2.79 bits per heavy atom. The minimum atomic E-state index is -0.542. The molecule has 5 fully saturated rings. The molecule has 0 aromatic carbocycles. The number of rotatable bonds is 1. The molecule has 0 spiro atoms. The van der Waals surface area contributed by atoms with Crippen LogP contribution in [0.1, 0.15) is 12.8 Å². The molecule has 2 amide bonds. The highest BCUT2D eigenvalue weighted by Gasteiger charge is 2.77. The van der Waals surface area contributed by atoms with Crippen molar-refractivity contribution in [3.63, 3.8) is 0 Å². The predicted molar refractivity (Wildman–Crippen MR) is 50.3 cm³/mol. The van der Waals surface area contributed by atoms with Crippen LogP contribution in [-0.4, -0.2) is 11.7 Å². The van der Waals surface area contributed by atoms with E-state index in [1.54, 1.807) is 0 Å². The zero-order valence-electron chi connectivity index (χ0n) is 7.81. The van der Waals surface area contributed by atoms with Crippen LogP contribution in [0.2, 0.25) is 0 Å². The van der Waals surface area contributed by atoms with Gasteiger partial charge < -0.3 is 5.73 Å². The first kappa shape index (κ1) is 7.26. The van der Waals surface area contributed by atoms with Gasteiger partial charge in [-0.1, -0.05) is 0 Å². The van der Waals surface area contributed by atoms with Crippen LogP contribution in [0, 0.1) is 35.5 Å². The number of urea groups is 1. The molecule has 5 aliphatic carbocycles. The normalized spacial score (nSPS) is 58.1. The van der Waals surface area contributed by atoms with Crippen LogP contribution in [0.4, 0.5) is 4.79 Å². The summed E-state index contributed by atoms with van der Waals surface area (Å²) in [6, 6.07) is -0.542. The fourth-order valence-electron chi connectivity index (χ4n) is 4.71. The van der Waals surface area contributed by atoms with Crippen molar-refractivity contribution >= 4 is 11.7 Å². The Bertz CT molecular complexity index is 364. The maximum atomic E-state index is 10.6. The second-order valence-corrected chi connectivity index (χ2v) is 5.19. The number of nitrogens with one attached hydrogen (secondary N) is 1. The third kappa shape index (κ3) is 0.615. The van der Waals surface area contributed by atoms with Crippen molar-refractivity contribution in [2.24, 2.45) is 46.3 Å². The van der Waals surface area contributed by atoms with E-state index in [-0.39, 0.29) is 0 Å². The maximum Gasteiger partial charge on any atom is 0.332 e. The average molecular weight is 191 g/mol. The first-order chi connectivity index (χ1) is 6.77. The number of hydrogen-bond acceptors (Lipinski definition) is 2. The number of primary amides is 1. The summed E-state index contributed by atoms with van der Waals surface area (Å²) in [7, 11) is 0. The molecule has 5 saturated carbocycles. The van der Waals surface area contributed by atoms with Gasteiger partial charge in [0.15, 0.2) is 0 Å². The third-order valence-electron chi connectivity index (χ3n) is 4.90. The summed E-state index contributed by atoms with van der Waals surface area (Å²) in [5.74, 6) is 5.52. The van der Waals surface area contributed by atoms with E-state index in [4.69, 9.17) is 5.73 Å². The van der Waals surface area contributed by atoms with Gasteiger partial charge in [0.1, 0.15) is 0 Å². The Labute approximate surface area is 81.9 Å². The van der Waals surface area contributed by atoms with Crippen molar-refractivity contribution in [3.8, 4) is 0 Å². The molecule has 74 valence electrons. The second kappa shape index (κ2) is 1.97. The highest BCUT2D eigenvalue weighted by Crippen LogP contribution is 2.80. The third-order valence-corrected chi connectivity index (χ3v) is 4.90. The lowest BCUT2D eigenvalue weighted by molar-refractivity contribution is 0.249. The van der Waals surface area contributed by atoms with Gasteiger partial charge in [0.05, 0.1) is 0 Å². The van der Waals surface area contributed by atoms with Crippen LogP contribution >= 0.6 is 0 Å². The molecule has 0 aromatic heterocycles. The molecule has 5 aliphatic rings. The van der Waals surface area contributed by atoms with E-state index in [0.717, 1.165) is 36.0 Å². The van der Waals surface area contributed by atoms with Gasteiger partial charge in [0, 0.05) is 11.6 Å². The SMILES string of the molecule is NC(=O)N/N=C1/C[C@H]2[C@@H]3C[C@H]4[C@@H]2[C@@H]4[C@@H]13. The number of hydrazone groups is 1. The summed E-state index contributed by atoms with van der Waals surface area (Å²) in [6.07, 6.45) is 2.55. The van der Waals surface area contributed by atoms with E-state index in [0.29, 0.717) is 5.92 Å². The Morgan fingerprint density at radius 2 is 2.21 bits per heavy atom. The summed E-state index contributed by atoms with van der Waals surface area (Å²) in [5, 5.41) is 4.15. The van der Waals surface area contributed by atoms with Crippen LogP contribution in [0.3, 0.4) is 0 Å². The van der Waals surface area contributed by atoms with Gasteiger partial charge in [-0.3, -0.25) is 0 Å². The van der Waals surface area contributed by atoms with Gasteiger partial charge in [-0.2, -0.15) is 5.10 Å². The Kier molecular flexibility index (Phi) is 1.02. The summed E-state index contributed by atoms with van der Waals surface area (Å²) in [6.45, 7) is 0. The van der Waals surface area contributed by atoms with Crippen LogP contribution in [0.25, 0.3) is 0 Å². The fraction of sp³-hybridized carbons (Fsp3) is 0.800. The fourth-order valence-corrected chi connectivity index (χ4v) is 4.71. The van der Waals surface area contributed by atoms with E-state index in [2.05, 4.69) is 10.5 Å². The molecule has 6 bridgehead atoms. The molecule has 14 heavy (non-hydrogen) atoms. The molecule has 0 aliphatic heterocycles. The van der Waals surface area contributed by atoms with E-state index < -0.39 is 6.03 Å². The molecule has 0 heterocycles. The molecule has 5 rings (SSSR count). The number of nitrogens with two attached hydrogens (primary N) is 1. The lowest BCUT2D eigenvalue weighted by Gasteiger charge is -2.10. The number of nitrogens with zero attached hydrogens (tertiary/aromatic N) is 1. The monoisotopic (exact) mass is 191 g/mol. The topological polar surface area (TPSA) is 67.5 Å². The molecule has 4 nitrogen and oxygen atoms in total. The molecule has 0 radical (unpaired) electrons. The molecule has 6 atom stereocenters. The summed E-state index contributed by atoms with van der Waals surface area (Å²) in [4.78, 5) is 10.6. The number of amides is 2. The largest absolute Gasteiger partial charge is 0.350 e. The van der Waals surface area contributed by atoms with E-state index in [1.807, 2.05) is 0 Å². The average Bonchev–Trinajstić information content (AvgIpc) is 2.57. The van der Waals surface area contributed by atoms with Crippen LogP contribution in [0.15, 0.2) is 5.10 Å². The second-order valence-electron chi connectivity index (χ2n) is 5.19. The van der Waals surface area contributed by atoms with E-state index in [9.17, 15) is 4.79 Å². The maximum absolute atomic E-state index is 10.6. The molecular weight excluding hydrogens is 178 g/mol. The van der Waals surface area contributed by atoms with Gasteiger partial charge in [0.2, 0.25) is 0 Å². The first-order valence-corrected chi connectivity index (χ1v) is 5.39. The van der Waals surface area contributed by atoms with Crippen molar-refractivity contribution in [1.29, 1.82) is 0 Å². The highest BCUT2D eigenvalue weighted by atomic mass is 16.2. The highest BCUT2D eigenvalue weighted by molar-refractivity contribution is 5.93. The molecule has 0 saturated heterocycles. The molecule has 0 aromatic rings. The zero-order valence-corrected chi connectivity index (χ0v) is 7.81. The zero-order chi connectivity index (χ0) is 9.45. The van der Waals surface area contributed by atoms with Crippen molar-refractivity contribution in [1.82, 2.24) is 5.43 Å². The molecule has 0 unspecified atom stereocenters. The number of hydrogen-bond donors (Lipinski definition) is 2. The van der Waals surface area contributed by atoms with Crippen molar-refractivity contribution < 1.29 is 4.79 Å². The molecular formula is C10H13N3O. The smallest absolute Gasteiger partial charge is 0.332 e. The lowest BCUT2D eigenvalue weighted by atomic mass is 9.98. The van der Waals surface area contributed by atoms with Gasteiger partial charge in [-0.25, -0.2) is 10.2 Å². The van der Waals surface area contributed by atoms with Crippen LogP contribution < -0.4 is 11.2 Å². The minimum Gasteiger partial charge on any atom is -0.350 e. The lowest BCUT2D eigenvalue weighted by Crippen LogP contribution is -2.27. The van der Waals surface area contributed by atoms with Crippen molar-refractivity contribution in [2.45, 2.75) is 12.8 Å². The van der Waals surface area contributed by atoms with Crippen molar-refractivity contribution in [3.05, 3.63) is 0 Å². The first-order valence-electron chi connectivity index (χ1n) is 5.39. The molecule has 4 heteroatoms. The predicted octanol–water partition coefficient (Wildman–Crippen LogP) is 0.542. The van der Waals surface area contributed by atoms with Gasteiger partial charge in [0.25, 0.3) is 0 Å². The van der Waals surface area contributed by atoms with Gasteiger partial charge >= 0.3 is 6.03 Å². The summed E-state index contributed by atoms with van der Waals surface area (Å²) in [5.41, 5.74) is 8.60. The van der Waals surface area contributed by atoms with Gasteiger partial charge in [-0.15, -0.1) is 0 Å². The van der Waals surface area contributed by atoms with E-state index >= 15 is 0 Å². The standard InChI is InChI=1S/C10H13N3O/c11-10(14)13-12-6-2-4-3-1-5-7(4)9(5)8(3)6/h3-5,7-9H,1-2H2,(H3,11,13,14)/b12-6-/t3-,4-,5-,7+,8+,9+/m0/s1. The Balaban J connectivity index is 1.62. The number of carbonyl (C=O) groups is 1. The van der Waals surface area contributed by atoms with Gasteiger partial charge in [-0.05, 0) is 42.4 Å². The van der Waals surface area contributed by atoms with Crippen LogP contribution in [-0.2, 0) is 0 Å². The summed E-state index contributed by atoms with van der Waals surface area (Å²) >= 11 is 0. The Hall–Kier alpha value is -1.06. The van der Waals surface area contributed by atoms with E-state index in [1.165, 1.54) is 12.1 Å². The quantitative estimate of drug-likeness (QED) is 0.584.